The number of nitrogens with one attached hydrogen (secondary N) is 1. The van der Waals surface area contributed by atoms with Crippen molar-refractivity contribution in [2.45, 2.75) is 19.9 Å². The molecule has 0 aromatic heterocycles. The van der Waals surface area contributed by atoms with Crippen LogP contribution in [0.4, 0.5) is 0 Å². The molecule has 0 aliphatic rings. The molecular formula is C14H17NO3. The Morgan fingerprint density at radius 3 is 2.44 bits per heavy atom. The van der Waals surface area contributed by atoms with E-state index in [1.807, 2.05) is 0 Å². The molecule has 96 valence electrons. The lowest BCUT2D eigenvalue weighted by atomic mass is 10.1. The number of Topliss-reactive ketones (excluding diaryl/α,β-unsaturated/α-hetero) is 1. The number of amides is 1. The third kappa shape index (κ3) is 4.51. The van der Waals surface area contributed by atoms with Crippen molar-refractivity contribution in [3.05, 3.63) is 41.5 Å². The van der Waals surface area contributed by atoms with Crippen LogP contribution in [0.2, 0.25) is 0 Å². The van der Waals surface area contributed by atoms with Gasteiger partial charge in [-0.3, -0.25) is 9.59 Å². The molecule has 0 aliphatic heterocycles. The monoisotopic (exact) mass is 247 g/mol. The maximum Gasteiger partial charge on any atom is 0.244 e. The molecule has 0 heterocycles. The zero-order valence-corrected chi connectivity index (χ0v) is 10.5. The molecule has 1 aromatic carbocycles. The van der Waals surface area contributed by atoms with Crippen LogP contribution in [0.3, 0.4) is 0 Å². The quantitative estimate of drug-likeness (QED) is 0.610. The van der Waals surface area contributed by atoms with Crippen molar-refractivity contribution in [2.24, 2.45) is 0 Å². The second-order valence-corrected chi connectivity index (χ2v) is 4.10. The number of ketones is 1. The maximum absolute atomic E-state index is 11.4. The number of hydrogen-bond donors (Lipinski definition) is 2. The van der Waals surface area contributed by atoms with Gasteiger partial charge in [0.1, 0.15) is 0 Å². The Morgan fingerprint density at radius 2 is 1.94 bits per heavy atom. The van der Waals surface area contributed by atoms with Gasteiger partial charge in [0.25, 0.3) is 0 Å². The summed E-state index contributed by atoms with van der Waals surface area (Å²) in [7, 11) is 0. The molecule has 0 saturated carbocycles. The second-order valence-electron chi connectivity index (χ2n) is 4.10. The van der Waals surface area contributed by atoms with Crippen molar-refractivity contribution < 1.29 is 14.7 Å². The molecule has 0 unspecified atom stereocenters. The van der Waals surface area contributed by atoms with Crippen molar-refractivity contribution in [1.29, 1.82) is 0 Å². The van der Waals surface area contributed by atoms with E-state index in [0.29, 0.717) is 5.56 Å². The smallest absolute Gasteiger partial charge is 0.244 e. The number of carbonyl (C=O) groups excluding carboxylic acids is 2. The number of aliphatic hydroxyl groups excluding tert-OH is 1. The minimum Gasteiger partial charge on any atom is -0.394 e. The van der Waals surface area contributed by atoms with Crippen LogP contribution in [0.25, 0.3) is 6.08 Å². The predicted molar refractivity (Wildman–Crippen MR) is 70.2 cm³/mol. The fourth-order valence-corrected chi connectivity index (χ4v) is 1.34. The van der Waals surface area contributed by atoms with Gasteiger partial charge in [0.15, 0.2) is 5.78 Å². The van der Waals surface area contributed by atoms with Crippen LogP contribution >= 0.6 is 0 Å². The summed E-state index contributed by atoms with van der Waals surface area (Å²) in [5.74, 6) is -0.243. The summed E-state index contributed by atoms with van der Waals surface area (Å²) in [6, 6.07) is 6.72. The fourth-order valence-electron chi connectivity index (χ4n) is 1.34. The van der Waals surface area contributed by atoms with Gasteiger partial charge in [-0.05, 0) is 25.5 Å². The molecule has 1 atom stereocenters. The Bertz CT molecular complexity index is 449. The molecule has 0 fully saturated rings. The number of hydrogen-bond acceptors (Lipinski definition) is 3. The summed E-state index contributed by atoms with van der Waals surface area (Å²) in [5, 5.41) is 11.4. The standard InChI is InChI=1S/C14H17NO3/c1-10(9-16)15-14(18)8-5-12-3-6-13(7-4-12)11(2)17/h3-8,10,16H,9H2,1-2H3,(H,15,18)/b8-5+/t10-/m1/s1. The Morgan fingerprint density at radius 1 is 1.33 bits per heavy atom. The number of carbonyl (C=O) groups is 2. The molecule has 0 bridgehead atoms. The number of benzene rings is 1. The van der Waals surface area contributed by atoms with E-state index in [-0.39, 0.29) is 24.3 Å². The summed E-state index contributed by atoms with van der Waals surface area (Å²) in [4.78, 5) is 22.5. The first-order valence-electron chi connectivity index (χ1n) is 5.73. The lowest BCUT2D eigenvalue weighted by molar-refractivity contribution is -0.117. The van der Waals surface area contributed by atoms with Crippen molar-refractivity contribution in [2.75, 3.05) is 6.61 Å². The highest BCUT2D eigenvalue weighted by Gasteiger charge is 2.02. The van der Waals surface area contributed by atoms with Crippen molar-refractivity contribution in [3.63, 3.8) is 0 Å². The number of rotatable bonds is 5. The molecule has 2 N–H and O–H groups in total. The van der Waals surface area contributed by atoms with Crippen LogP contribution in [0.15, 0.2) is 30.3 Å². The molecule has 18 heavy (non-hydrogen) atoms. The van der Waals surface area contributed by atoms with Gasteiger partial charge >= 0.3 is 0 Å². The van der Waals surface area contributed by atoms with E-state index in [9.17, 15) is 9.59 Å². The highest BCUT2D eigenvalue weighted by Crippen LogP contribution is 2.06. The maximum atomic E-state index is 11.4. The van der Waals surface area contributed by atoms with Crippen LogP contribution in [0, 0.1) is 0 Å². The molecule has 4 heteroatoms. The van der Waals surface area contributed by atoms with Gasteiger partial charge in [0, 0.05) is 17.7 Å². The van der Waals surface area contributed by atoms with E-state index < -0.39 is 0 Å². The van der Waals surface area contributed by atoms with Gasteiger partial charge < -0.3 is 10.4 Å². The second kappa shape index (κ2) is 6.71. The zero-order valence-electron chi connectivity index (χ0n) is 10.5. The van der Waals surface area contributed by atoms with E-state index in [4.69, 9.17) is 5.11 Å². The Kier molecular flexibility index (Phi) is 5.27. The van der Waals surface area contributed by atoms with Crippen LogP contribution < -0.4 is 5.32 Å². The van der Waals surface area contributed by atoms with E-state index in [0.717, 1.165) is 5.56 Å². The van der Waals surface area contributed by atoms with Crippen LogP contribution in [-0.2, 0) is 4.79 Å². The van der Waals surface area contributed by atoms with E-state index in [1.165, 1.54) is 13.0 Å². The largest absolute Gasteiger partial charge is 0.394 e. The zero-order chi connectivity index (χ0) is 13.5. The molecule has 1 amide bonds. The highest BCUT2D eigenvalue weighted by atomic mass is 16.3. The Hall–Kier alpha value is -1.94. The SMILES string of the molecule is CC(=O)c1ccc(/C=C/C(=O)N[C@H](C)CO)cc1. The minimum atomic E-state index is -0.262. The average molecular weight is 247 g/mol. The summed E-state index contributed by atoms with van der Waals surface area (Å²) < 4.78 is 0. The Labute approximate surface area is 106 Å². The predicted octanol–water partition coefficient (Wildman–Crippen LogP) is 1.40. The molecule has 1 rings (SSSR count). The van der Waals surface area contributed by atoms with Gasteiger partial charge in [-0.15, -0.1) is 0 Å². The average Bonchev–Trinajstić information content (AvgIpc) is 2.36. The van der Waals surface area contributed by atoms with E-state index >= 15 is 0 Å². The molecule has 1 aromatic rings. The van der Waals surface area contributed by atoms with Crippen molar-refractivity contribution >= 4 is 17.8 Å². The van der Waals surface area contributed by atoms with Gasteiger partial charge in [0.05, 0.1) is 6.61 Å². The summed E-state index contributed by atoms with van der Waals surface area (Å²) >= 11 is 0. The van der Waals surface area contributed by atoms with Gasteiger partial charge in [-0.25, -0.2) is 0 Å². The third-order valence-electron chi connectivity index (χ3n) is 2.41. The van der Waals surface area contributed by atoms with Crippen LogP contribution in [0.1, 0.15) is 29.8 Å². The third-order valence-corrected chi connectivity index (χ3v) is 2.41. The van der Waals surface area contributed by atoms with Gasteiger partial charge in [0.2, 0.25) is 5.91 Å². The molecular weight excluding hydrogens is 230 g/mol. The highest BCUT2D eigenvalue weighted by molar-refractivity contribution is 5.94. The van der Waals surface area contributed by atoms with E-state index in [1.54, 1.807) is 37.3 Å². The molecule has 0 radical (unpaired) electrons. The first-order chi connectivity index (χ1) is 8.52. The summed E-state index contributed by atoms with van der Waals surface area (Å²) in [6.07, 6.45) is 3.05. The minimum absolute atomic E-state index is 0.0139. The first-order valence-corrected chi connectivity index (χ1v) is 5.73. The lowest BCUT2D eigenvalue weighted by Gasteiger charge is -2.07. The summed E-state index contributed by atoms with van der Waals surface area (Å²) in [6.45, 7) is 3.13. The topological polar surface area (TPSA) is 66.4 Å². The molecule has 4 nitrogen and oxygen atoms in total. The van der Waals surface area contributed by atoms with Gasteiger partial charge in [-0.2, -0.15) is 0 Å². The van der Waals surface area contributed by atoms with E-state index in [2.05, 4.69) is 5.32 Å². The fraction of sp³-hybridized carbons (Fsp3) is 0.286. The molecule has 0 saturated heterocycles. The normalized spacial score (nSPS) is 12.4. The van der Waals surface area contributed by atoms with Crippen molar-refractivity contribution in [3.8, 4) is 0 Å². The molecule has 0 spiro atoms. The lowest BCUT2D eigenvalue weighted by Crippen LogP contribution is -2.33. The molecule has 0 aliphatic carbocycles. The number of aliphatic hydroxyl groups is 1. The van der Waals surface area contributed by atoms with Gasteiger partial charge in [-0.1, -0.05) is 24.3 Å². The van der Waals surface area contributed by atoms with Crippen LogP contribution in [-0.4, -0.2) is 29.4 Å². The Balaban J connectivity index is 2.61. The first kappa shape index (κ1) is 14.1. The van der Waals surface area contributed by atoms with Crippen molar-refractivity contribution in [1.82, 2.24) is 5.32 Å². The van der Waals surface area contributed by atoms with Crippen LogP contribution in [0.5, 0.6) is 0 Å². The summed E-state index contributed by atoms with van der Waals surface area (Å²) in [5.41, 5.74) is 1.48.